The summed E-state index contributed by atoms with van der Waals surface area (Å²) < 4.78 is 0.985. The van der Waals surface area contributed by atoms with Crippen molar-refractivity contribution in [1.82, 2.24) is 9.55 Å². The van der Waals surface area contributed by atoms with Crippen LogP contribution in [-0.2, 0) is 6.54 Å². The van der Waals surface area contributed by atoms with Gasteiger partial charge in [-0.15, -0.1) is 0 Å². The van der Waals surface area contributed by atoms with E-state index < -0.39 is 17.2 Å². The first-order valence-corrected chi connectivity index (χ1v) is 9.24. The number of aromatic amines is 1. The summed E-state index contributed by atoms with van der Waals surface area (Å²) in [7, 11) is 0. The van der Waals surface area contributed by atoms with Gasteiger partial charge in [0.15, 0.2) is 0 Å². The number of hydrogen-bond acceptors (Lipinski definition) is 3. The van der Waals surface area contributed by atoms with E-state index in [1.807, 2.05) is 38.1 Å². The van der Waals surface area contributed by atoms with Crippen molar-refractivity contribution in [3.05, 3.63) is 97.3 Å². The topological polar surface area (TPSA) is 75.2 Å². The second-order valence-corrected chi connectivity index (χ2v) is 6.79. The molecule has 0 aliphatic heterocycles. The maximum Gasteiger partial charge on any atom is 0.328 e. The molecule has 0 saturated heterocycles. The fraction of sp³-hybridized carbons (Fsp3) is 0.190. The van der Waals surface area contributed by atoms with E-state index in [0.29, 0.717) is 22.8 Å². The molecule has 0 unspecified atom stereocenters. The Labute approximate surface area is 167 Å². The molecular weight excluding hydrogens is 378 g/mol. The zero-order valence-electron chi connectivity index (χ0n) is 15.6. The third-order valence-corrected chi connectivity index (χ3v) is 4.82. The molecule has 1 heterocycles. The highest BCUT2D eigenvalue weighted by Crippen LogP contribution is 2.18. The van der Waals surface area contributed by atoms with Crippen LogP contribution in [0.2, 0.25) is 5.02 Å². The SMILES string of the molecule is CCN(C(=O)c1c[nH]c(=O)n(Cc2ccccc2Cl)c1=O)c1cccc(C)c1. The van der Waals surface area contributed by atoms with Crippen molar-refractivity contribution < 1.29 is 4.79 Å². The minimum absolute atomic E-state index is 0.0223. The molecule has 28 heavy (non-hydrogen) atoms. The van der Waals surface area contributed by atoms with E-state index in [0.717, 1.165) is 10.1 Å². The normalized spacial score (nSPS) is 10.7. The molecule has 3 aromatic rings. The smallest absolute Gasteiger partial charge is 0.313 e. The lowest BCUT2D eigenvalue weighted by atomic mass is 10.2. The molecule has 1 aromatic heterocycles. The van der Waals surface area contributed by atoms with Gasteiger partial charge in [0, 0.05) is 23.5 Å². The van der Waals surface area contributed by atoms with Crippen molar-refractivity contribution in [3.63, 3.8) is 0 Å². The summed E-state index contributed by atoms with van der Waals surface area (Å²) in [6.45, 7) is 4.11. The van der Waals surface area contributed by atoms with Gasteiger partial charge in [0.25, 0.3) is 11.5 Å². The average Bonchev–Trinajstić information content (AvgIpc) is 2.67. The first-order chi connectivity index (χ1) is 13.4. The van der Waals surface area contributed by atoms with Crippen LogP contribution in [0.25, 0.3) is 0 Å². The standard InChI is InChI=1S/C21H20ClN3O3/c1-3-24(16-9-6-7-14(2)11-16)19(26)17-12-23-21(28)25(20(17)27)13-15-8-4-5-10-18(15)22/h4-12H,3,13H2,1-2H3,(H,23,28). The quantitative estimate of drug-likeness (QED) is 0.718. The molecule has 144 valence electrons. The summed E-state index contributed by atoms with van der Waals surface area (Å²) in [5, 5.41) is 0.445. The molecular formula is C21H20ClN3O3. The number of aromatic nitrogens is 2. The lowest BCUT2D eigenvalue weighted by Gasteiger charge is -2.21. The van der Waals surface area contributed by atoms with Crippen molar-refractivity contribution >= 4 is 23.2 Å². The number of nitrogens with zero attached hydrogens (tertiary/aromatic N) is 2. The van der Waals surface area contributed by atoms with E-state index in [1.54, 1.807) is 24.3 Å². The molecule has 3 rings (SSSR count). The number of nitrogens with one attached hydrogen (secondary N) is 1. The number of carbonyl (C=O) groups is 1. The maximum atomic E-state index is 13.1. The lowest BCUT2D eigenvalue weighted by molar-refractivity contribution is 0.0985. The minimum atomic E-state index is -0.653. The van der Waals surface area contributed by atoms with Crippen LogP contribution >= 0.6 is 11.6 Å². The summed E-state index contributed by atoms with van der Waals surface area (Å²) in [6, 6.07) is 14.4. The number of halogens is 1. The molecule has 0 spiro atoms. The number of benzene rings is 2. The van der Waals surface area contributed by atoms with E-state index in [-0.39, 0.29) is 12.1 Å². The van der Waals surface area contributed by atoms with Gasteiger partial charge < -0.3 is 9.88 Å². The predicted octanol–water partition coefficient (Wildman–Crippen LogP) is 3.21. The van der Waals surface area contributed by atoms with Crippen LogP contribution in [0.5, 0.6) is 0 Å². The van der Waals surface area contributed by atoms with Crippen molar-refractivity contribution in [3.8, 4) is 0 Å². The fourth-order valence-corrected chi connectivity index (χ4v) is 3.19. The van der Waals surface area contributed by atoms with Gasteiger partial charge in [-0.05, 0) is 43.2 Å². The fourth-order valence-electron chi connectivity index (χ4n) is 2.99. The van der Waals surface area contributed by atoms with E-state index in [4.69, 9.17) is 11.6 Å². The highest BCUT2D eigenvalue weighted by Gasteiger charge is 2.21. The summed E-state index contributed by atoms with van der Waals surface area (Å²) in [4.78, 5) is 42.2. The molecule has 0 saturated carbocycles. The number of H-pyrrole nitrogens is 1. The largest absolute Gasteiger partial charge is 0.328 e. The van der Waals surface area contributed by atoms with E-state index >= 15 is 0 Å². The van der Waals surface area contributed by atoms with Crippen molar-refractivity contribution in [1.29, 1.82) is 0 Å². The molecule has 0 radical (unpaired) electrons. The van der Waals surface area contributed by atoms with Crippen LogP contribution in [0.1, 0.15) is 28.4 Å². The third-order valence-electron chi connectivity index (χ3n) is 4.45. The van der Waals surface area contributed by atoms with Gasteiger partial charge in [-0.25, -0.2) is 4.79 Å². The highest BCUT2D eigenvalue weighted by molar-refractivity contribution is 6.31. The summed E-state index contributed by atoms with van der Waals surface area (Å²) in [6.07, 6.45) is 1.18. The van der Waals surface area contributed by atoms with Gasteiger partial charge in [0.05, 0.1) is 6.54 Å². The first kappa shape index (κ1) is 19.6. The van der Waals surface area contributed by atoms with Gasteiger partial charge in [-0.3, -0.25) is 14.2 Å². The highest BCUT2D eigenvalue weighted by atomic mass is 35.5. The molecule has 0 atom stereocenters. The Kier molecular flexibility index (Phi) is 5.80. The van der Waals surface area contributed by atoms with Gasteiger partial charge in [0.1, 0.15) is 5.56 Å². The van der Waals surface area contributed by atoms with Crippen LogP contribution in [0, 0.1) is 6.92 Å². The van der Waals surface area contributed by atoms with Crippen LogP contribution in [0.3, 0.4) is 0 Å². The van der Waals surface area contributed by atoms with Crippen LogP contribution in [0.15, 0.2) is 64.3 Å². The van der Waals surface area contributed by atoms with Crippen molar-refractivity contribution in [2.24, 2.45) is 0 Å². The molecule has 0 aliphatic rings. The third kappa shape index (κ3) is 3.92. The van der Waals surface area contributed by atoms with Crippen LogP contribution in [0.4, 0.5) is 5.69 Å². The molecule has 6 nitrogen and oxygen atoms in total. The van der Waals surface area contributed by atoms with E-state index in [9.17, 15) is 14.4 Å². The van der Waals surface area contributed by atoms with Crippen molar-refractivity contribution in [2.75, 3.05) is 11.4 Å². The Morgan fingerprint density at radius 3 is 2.57 bits per heavy atom. The molecule has 7 heteroatoms. The number of aryl methyl sites for hydroxylation is 1. The molecule has 2 aromatic carbocycles. The Bertz CT molecular complexity index is 1130. The number of hydrogen-bond donors (Lipinski definition) is 1. The zero-order chi connectivity index (χ0) is 20.3. The maximum absolute atomic E-state index is 13.1. The van der Waals surface area contributed by atoms with Gasteiger partial charge in [0.2, 0.25) is 0 Å². The second kappa shape index (κ2) is 8.27. The Morgan fingerprint density at radius 1 is 1.14 bits per heavy atom. The van der Waals surface area contributed by atoms with Crippen molar-refractivity contribution in [2.45, 2.75) is 20.4 Å². The van der Waals surface area contributed by atoms with Crippen LogP contribution in [-0.4, -0.2) is 22.0 Å². The predicted molar refractivity (Wildman–Crippen MR) is 110 cm³/mol. The Balaban J connectivity index is 2.03. The molecule has 1 N–H and O–H groups in total. The molecule has 0 bridgehead atoms. The monoisotopic (exact) mass is 397 g/mol. The Hall–Kier alpha value is -3.12. The first-order valence-electron chi connectivity index (χ1n) is 8.86. The summed E-state index contributed by atoms with van der Waals surface area (Å²) >= 11 is 6.15. The summed E-state index contributed by atoms with van der Waals surface area (Å²) in [5.74, 6) is -0.470. The molecule has 1 amide bonds. The van der Waals surface area contributed by atoms with Gasteiger partial charge >= 0.3 is 5.69 Å². The number of rotatable bonds is 5. The van der Waals surface area contributed by atoms with Crippen LogP contribution < -0.4 is 16.1 Å². The minimum Gasteiger partial charge on any atom is -0.313 e. The summed E-state index contributed by atoms with van der Waals surface area (Å²) in [5.41, 5.74) is 0.958. The number of carbonyl (C=O) groups excluding carboxylic acids is 1. The van der Waals surface area contributed by atoms with Gasteiger partial charge in [-0.2, -0.15) is 0 Å². The van der Waals surface area contributed by atoms with Gasteiger partial charge in [-0.1, -0.05) is 41.9 Å². The molecule has 0 fully saturated rings. The number of anilines is 1. The van der Waals surface area contributed by atoms with E-state index in [2.05, 4.69) is 4.98 Å². The lowest BCUT2D eigenvalue weighted by Crippen LogP contribution is -2.42. The number of amides is 1. The second-order valence-electron chi connectivity index (χ2n) is 6.38. The molecule has 0 aliphatic carbocycles. The average molecular weight is 398 g/mol. The zero-order valence-corrected chi connectivity index (χ0v) is 16.4. The Morgan fingerprint density at radius 2 is 1.89 bits per heavy atom. The van der Waals surface area contributed by atoms with E-state index in [1.165, 1.54) is 11.1 Å².